The van der Waals surface area contributed by atoms with Gasteiger partial charge in [-0.25, -0.2) is 9.97 Å². The molecule has 0 radical (unpaired) electrons. The van der Waals surface area contributed by atoms with Gasteiger partial charge in [-0.2, -0.15) is 11.8 Å². The predicted octanol–water partition coefficient (Wildman–Crippen LogP) is 2.71. The lowest BCUT2D eigenvalue weighted by molar-refractivity contribution is -0.149. The van der Waals surface area contributed by atoms with E-state index in [0.29, 0.717) is 24.6 Å². The van der Waals surface area contributed by atoms with Crippen LogP contribution in [-0.2, 0) is 35.1 Å². The van der Waals surface area contributed by atoms with E-state index in [4.69, 9.17) is 9.47 Å². The average Bonchev–Trinajstić information content (AvgIpc) is 3.74. The summed E-state index contributed by atoms with van der Waals surface area (Å²) in [4.78, 5) is 77.1. The molecule has 2 aromatic rings. The van der Waals surface area contributed by atoms with E-state index >= 15 is 0 Å². The smallest absolute Gasteiger partial charge is 0.306 e. The van der Waals surface area contributed by atoms with Gasteiger partial charge in [0, 0.05) is 68.3 Å². The highest BCUT2D eigenvalue weighted by atomic mass is 32.2. The van der Waals surface area contributed by atoms with Gasteiger partial charge in [-0.3, -0.25) is 28.9 Å². The Morgan fingerprint density at radius 2 is 1.88 bits per heavy atom. The third-order valence-corrected chi connectivity index (χ3v) is 12.2. The molecule has 17 heteroatoms. The number of aromatic nitrogens is 2. The largest absolute Gasteiger partial charge is 0.481 e. The van der Waals surface area contributed by atoms with Crippen LogP contribution in [0.2, 0.25) is 0 Å². The summed E-state index contributed by atoms with van der Waals surface area (Å²) in [7, 11) is 3.58. The van der Waals surface area contributed by atoms with E-state index in [1.165, 1.54) is 29.6 Å². The van der Waals surface area contributed by atoms with Crippen LogP contribution in [0.4, 0.5) is 0 Å². The summed E-state index contributed by atoms with van der Waals surface area (Å²) >= 11 is 4.32. The van der Waals surface area contributed by atoms with Crippen LogP contribution in [0.25, 0.3) is 0 Å². The number of morpholine rings is 1. The van der Waals surface area contributed by atoms with Crippen molar-refractivity contribution in [3.05, 3.63) is 32.7 Å². The van der Waals surface area contributed by atoms with E-state index in [-0.39, 0.29) is 48.8 Å². The normalized spacial score (nSPS) is 19.8. The Morgan fingerprint density at radius 3 is 2.46 bits per heavy atom. The zero-order valence-electron chi connectivity index (χ0n) is 29.3. The van der Waals surface area contributed by atoms with Crippen LogP contribution in [0.3, 0.4) is 0 Å². The quantitative estimate of drug-likeness (QED) is 0.202. The maximum absolute atomic E-state index is 14.1. The summed E-state index contributed by atoms with van der Waals surface area (Å²) in [5.74, 6) is -1.67. The number of carbonyl (C=O) groups excluding carboxylic acids is 4. The summed E-state index contributed by atoms with van der Waals surface area (Å²) in [5, 5.41) is 20.0. The minimum Gasteiger partial charge on any atom is -0.481 e. The number of rotatable bonds is 17. The monoisotopic (exact) mass is 752 g/mol. The fourth-order valence-electron chi connectivity index (χ4n) is 6.00. The predicted molar refractivity (Wildman–Crippen MR) is 191 cm³/mol. The molecule has 276 valence electrons. The van der Waals surface area contributed by atoms with Gasteiger partial charge in [-0.15, -0.1) is 22.7 Å². The van der Waals surface area contributed by atoms with Gasteiger partial charge < -0.3 is 30.1 Å². The van der Waals surface area contributed by atoms with Crippen LogP contribution in [0.15, 0.2) is 17.0 Å². The molecule has 2 saturated heterocycles. The summed E-state index contributed by atoms with van der Waals surface area (Å²) in [5.41, 5.74) is 0.113. The van der Waals surface area contributed by atoms with Crippen molar-refractivity contribution in [1.29, 1.82) is 0 Å². The number of aliphatic carboxylic acids is 1. The van der Waals surface area contributed by atoms with Crippen molar-refractivity contribution in [2.75, 3.05) is 45.4 Å². The summed E-state index contributed by atoms with van der Waals surface area (Å²) in [6.45, 7) is 8.27. The fraction of sp³-hybridized carbons (Fsp3) is 0.667. The Hall–Kier alpha value is -3.12. The Morgan fingerprint density at radius 1 is 1.14 bits per heavy atom. The molecule has 4 rings (SSSR count). The number of hydrogen-bond acceptors (Lipinski definition) is 13. The first-order valence-electron chi connectivity index (χ1n) is 16.7. The van der Waals surface area contributed by atoms with Crippen LogP contribution in [0.1, 0.15) is 67.1 Å². The van der Waals surface area contributed by atoms with E-state index in [1.54, 1.807) is 42.2 Å². The van der Waals surface area contributed by atoms with Crippen LogP contribution in [-0.4, -0.2) is 124 Å². The number of carboxylic acid groups (broad SMARTS) is 1. The fourth-order valence-corrected chi connectivity index (χ4v) is 8.43. The molecule has 50 heavy (non-hydrogen) atoms. The standard InChI is InChI=1S/C33H48N6O8S3/c1-18(2)24(39(6)32(43)28(21-15-48-16-21)37-30(42)25-14-46-9-8-38(25)5)13-26(47-20(4)40)31-36-23(17-50-31)29(41)35-22(11-19(3)33(44)45)12-27-34-7-10-49-27/h7,10,17-19,21-22,24-26,28H,8-9,11-16H2,1-6H3,(H,35,41)(H,37,42)(H,44,45)/t19-,22+,24+,25+,26+,28-/m0/s1. The molecule has 0 saturated carbocycles. The summed E-state index contributed by atoms with van der Waals surface area (Å²) < 4.78 is 11.3. The number of ether oxygens (including phenoxy) is 2. The van der Waals surface area contributed by atoms with Crippen molar-refractivity contribution in [2.45, 2.75) is 77.2 Å². The van der Waals surface area contributed by atoms with Gasteiger partial charge in [-0.1, -0.05) is 20.8 Å². The van der Waals surface area contributed by atoms with Gasteiger partial charge >= 0.3 is 11.9 Å². The topological polar surface area (TPSA) is 180 Å². The third-order valence-electron chi connectivity index (χ3n) is 9.11. The molecule has 0 aliphatic carbocycles. The van der Waals surface area contributed by atoms with E-state index in [9.17, 15) is 29.1 Å². The number of thioether (sulfide) groups is 1. The zero-order chi connectivity index (χ0) is 36.5. The molecular weight excluding hydrogens is 705 g/mol. The first-order chi connectivity index (χ1) is 23.7. The number of amides is 3. The molecule has 2 aliphatic heterocycles. The van der Waals surface area contributed by atoms with Crippen LogP contribution in [0.5, 0.6) is 0 Å². The molecule has 2 aromatic heterocycles. The Kier molecular flexibility index (Phi) is 14.6. The molecule has 0 spiro atoms. The van der Waals surface area contributed by atoms with Gasteiger partial charge in [0.1, 0.15) is 22.8 Å². The SMILES string of the molecule is CC(=O)O[C@H](C[C@H](C(C)C)N(C)C(=O)[C@@H](NC(=O)[C@H]1COCCN1C)C1CSC1)c1nc(C(=O)N[C@@H](Cc2nccs2)C[C@H](C)C(=O)O)cs1. The van der Waals surface area contributed by atoms with Gasteiger partial charge in [-0.05, 0) is 30.9 Å². The summed E-state index contributed by atoms with van der Waals surface area (Å²) in [6.07, 6.45) is 1.61. The maximum atomic E-state index is 14.1. The van der Waals surface area contributed by atoms with Gasteiger partial charge in [0.05, 0.1) is 24.1 Å². The van der Waals surface area contributed by atoms with Crippen molar-refractivity contribution < 1.29 is 38.6 Å². The number of carboxylic acids is 1. The number of carbonyl (C=O) groups is 5. The van der Waals surface area contributed by atoms with Crippen LogP contribution < -0.4 is 10.6 Å². The lowest BCUT2D eigenvalue weighted by Crippen LogP contribution is -2.61. The van der Waals surface area contributed by atoms with Crippen molar-refractivity contribution in [1.82, 2.24) is 30.4 Å². The second-order valence-electron chi connectivity index (χ2n) is 13.3. The molecule has 6 atom stereocenters. The molecule has 2 fully saturated rings. The van der Waals surface area contributed by atoms with E-state index in [0.717, 1.165) is 16.5 Å². The number of hydrogen-bond donors (Lipinski definition) is 3. The first-order valence-corrected chi connectivity index (χ1v) is 19.6. The van der Waals surface area contributed by atoms with Gasteiger partial charge in [0.25, 0.3) is 5.91 Å². The number of esters is 1. The second kappa shape index (κ2) is 18.4. The lowest BCUT2D eigenvalue weighted by atomic mass is 9.94. The molecular formula is C33H48N6O8S3. The second-order valence-corrected chi connectivity index (χ2v) is 16.2. The van der Waals surface area contributed by atoms with Gasteiger partial charge in [0.2, 0.25) is 11.8 Å². The third kappa shape index (κ3) is 10.7. The van der Waals surface area contributed by atoms with Crippen LogP contribution >= 0.6 is 34.4 Å². The molecule has 0 bridgehead atoms. The minimum atomic E-state index is -0.960. The first kappa shape index (κ1) is 39.7. The van der Waals surface area contributed by atoms with Crippen molar-refractivity contribution in [2.24, 2.45) is 17.8 Å². The number of thiazole rings is 2. The van der Waals surface area contributed by atoms with E-state index in [1.807, 2.05) is 31.2 Å². The van der Waals surface area contributed by atoms with Crippen molar-refractivity contribution in [3.8, 4) is 0 Å². The van der Waals surface area contributed by atoms with Crippen molar-refractivity contribution in [3.63, 3.8) is 0 Å². The minimum absolute atomic E-state index is 0.0104. The zero-order valence-corrected chi connectivity index (χ0v) is 31.8. The summed E-state index contributed by atoms with van der Waals surface area (Å²) in [6, 6.07) is -2.09. The number of likely N-dealkylation sites (N-methyl/N-ethyl adjacent to an activating group) is 2. The highest BCUT2D eigenvalue weighted by Crippen LogP contribution is 2.33. The Labute approximate surface area is 305 Å². The molecule has 0 aromatic carbocycles. The van der Waals surface area contributed by atoms with E-state index < -0.39 is 54.0 Å². The molecule has 4 heterocycles. The molecule has 2 aliphatic rings. The average molecular weight is 753 g/mol. The molecule has 0 unspecified atom stereocenters. The maximum Gasteiger partial charge on any atom is 0.306 e. The van der Waals surface area contributed by atoms with Crippen LogP contribution in [0, 0.1) is 17.8 Å². The Bertz CT molecular complexity index is 1470. The van der Waals surface area contributed by atoms with E-state index in [2.05, 4.69) is 20.6 Å². The van der Waals surface area contributed by atoms with Crippen molar-refractivity contribution >= 4 is 64.1 Å². The Balaban J connectivity index is 1.49. The number of nitrogens with zero attached hydrogens (tertiary/aromatic N) is 4. The lowest BCUT2D eigenvalue weighted by Gasteiger charge is -2.40. The van der Waals surface area contributed by atoms with Gasteiger partial charge in [0.15, 0.2) is 6.10 Å². The molecule has 3 N–H and O–H groups in total. The highest BCUT2D eigenvalue weighted by Gasteiger charge is 2.41. The number of nitrogens with one attached hydrogen (secondary N) is 2. The molecule has 14 nitrogen and oxygen atoms in total. The molecule has 3 amide bonds. The highest BCUT2D eigenvalue weighted by molar-refractivity contribution is 8.00.